The minimum absolute atomic E-state index is 0.0738. The Bertz CT molecular complexity index is 619. The zero-order valence-corrected chi connectivity index (χ0v) is 18.1. The second kappa shape index (κ2) is 7.57. The first kappa shape index (κ1) is 20.1. The van der Waals surface area contributed by atoms with Crippen LogP contribution in [-0.2, 0) is 10.8 Å². The second-order valence-electron chi connectivity index (χ2n) is 10.5. The maximum atomic E-state index is 12.3. The van der Waals surface area contributed by atoms with Gasteiger partial charge in [0.05, 0.1) is 6.10 Å². The van der Waals surface area contributed by atoms with E-state index in [9.17, 15) is 9.32 Å². The number of hydrogen-bond donors (Lipinski definition) is 2. The molecule has 27 heavy (non-hydrogen) atoms. The van der Waals surface area contributed by atoms with Gasteiger partial charge in [-0.05, 0) is 98.8 Å². The molecule has 4 heteroatoms. The predicted octanol–water partition coefficient (Wildman–Crippen LogP) is 4.02. The van der Waals surface area contributed by atoms with Crippen molar-refractivity contribution in [3.05, 3.63) is 11.6 Å². The van der Waals surface area contributed by atoms with Crippen molar-refractivity contribution in [1.82, 2.24) is 0 Å². The van der Waals surface area contributed by atoms with Crippen LogP contribution in [0.1, 0.15) is 71.6 Å². The largest absolute Gasteiger partial charge is 0.393 e. The first-order valence-electron chi connectivity index (χ1n) is 11.3. The van der Waals surface area contributed by atoms with E-state index in [4.69, 9.17) is 5.73 Å². The molecule has 0 spiro atoms. The molecule has 0 heterocycles. The van der Waals surface area contributed by atoms with E-state index in [1.807, 2.05) is 0 Å². The number of allylic oxidation sites excluding steroid dienone is 1. The van der Waals surface area contributed by atoms with Crippen LogP contribution in [0.2, 0.25) is 0 Å². The molecule has 3 nitrogen and oxygen atoms in total. The average Bonchev–Trinajstić information content (AvgIpc) is 2.95. The van der Waals surface area contributed by atoms with Gasteiger partial charge in [0.25, 0.3) is 0 Å². The predicted molar refractivity (Wildman–Crippen MR) is 113 cm³/mol. The van der Waals surface area contributed by atoms with Gasteiger partial charge in [0, 0.05) is 22.3 Å². The lowest BCUT2D eigenvalue weighted by Crippen LogP contribution is -2.53. The molecule has 3 fully saturated rings. The van der Waals surface area contributed by atoms with Gasteiger partial charge >= 0.3 is 0 Å². The van der Waals surface area contributed by atoms with E-state index in [0.717, 1.165) is 48.5 Å². The quantitative estimate of drug-likeness (QED) is 0.693. The molecule has 4 aliphatic rings. The normalized spacial score (nSPS) is 47.6. The van der Waals surface area contributed by atoms with Crippen LogP contribution in [0.5, 0.6) is 0 Å². The van der Waals surface area contributed by atoms with Crippen molar-refractivity contribution in [3.8, 4) is 0 Å². The van der Waals surface area contributed by atoms with Crippen molar-refractivity contribution in [1.29, 1.82) is 0 Å². The SMILES string of the molecule is CC12CCC3C(CCC4C=C(CS(=O)CCCN)CCC43C)C1CCC2O. The highest BCUT2D eigenvalue weighted by Gasteiger charge is 2.59. The molecule has 0 saturated heterocycles. The third kappa shape index (κ3) is 3.38. The third-order valence-corrected chi connectivity index (χ3v) is 10.7. The Morgan fingerprint density at radius 3 is 2.67 bits per heavy atom. The van der Waals surface area contributed by atoms with Crippen molar-refractivity contribution < 1.29 is 9.32 Å². The summed E-state index contributed by atoms with van der Waals surface area (Å²) in [5.41, 5.74) is 7.61. The molecule has 0 aliphatic heterocycles. The monoisotopic (exact) mass is 393 g/mol. The van der Waals surface area contributed by atoms with E-state index in [1.54, 1.807) is 0 Å². The number of aliphatic hydroxyl groups is 1. The summed E-state index contributed by atoms with van der Waals surface area (Å²) < 4.78 is 12.3. The lowest BCUT2D eigenvalue weighted by molar-refractivity contribution is -0.104. The summed E-state index contributed by atoms with van der Waals surface area (Å²) in [5, 5.41) is 10.6. The molecule has 4 rings (SSSR count). The van der Waals surface area contributed by atoms with E-state index in [-0.39, 0.29) is 11.5 Å². The van der Waals surface area contributed by atoms with Crippen molar-refractivity contribution in [2.24, 2.45) is 40.2 Å². The average molecular weight is 394 g/mol. The van der Waals surface area contributed by atoms with E-state index in [2.05, 4.69) is 19.9 Å². The number of rotatable bonds is 5. The molecule has 8 atom stereocenters. The van der Waals surface area contributed by atoms with Crippen LogP contribution in [0.15, 0.2) is 11.6 Å². The molecule has 3 saturated carbocycles. The number of fused-ring (bicyclic) bond motifs is 5. The van der Waals surface area contributed by atoms with Crippen LogP contribution in [0.3, 0.4) is 0 Å². The topological polar surface area (TPSA) is 63.3 Å². The molecule has 0 aromatic carbocycles. The Kier molecular flexibility index (Phi) is 5.64. The minimum atomic E-state index is -0.740. The summed E-state index contributed by atoms with van der Waals surface area (Å²) >= 11 is 0. The second-order valence-corrected chi connectivity index (χ2v) is 12.0. The Hall–Kier alpha value is -0.190. The molecule has 4 aliphatic carbocycles. The van der Waals surface area contributed by atoms with E-state index in [1.165, 1.54) is 44.1 Å². The van der Waals surface area contributed by atoms with E-state index < -0.39 is 10.8 Å². The van der Waals surface area contributed by atoms with Gasteiger partial charge in [-0.15, -0.1) is 0 Å². The molecular weight excluding hydrogens is 354 g/mol. The molecule has 3 N–H and O–H groups in total. The Morgan fingerprint density at radius 1 is 1.11 bits per heavy atom. The van der Waals surface area contributed by atoms with Gasteiger partial charge in [-0.2, -0.15) is 0 Å². The zero-order chi connectivity index (χ0) is 19.2. The van der Waals surface area contributed by atoms with Crippen molar-refractivity contribution in [2.45, 2.75) is 77.7 Å². The lowest BCUT2D eigenvalue weighted by atomic mass is 9.46. The molecule has 0 radical (unpaired) electrons. The fraction of sp³-hybridized carbons (Fsp3) is 0.913. The fourth-order valence-electron chi connectivity index (χ4n) is 7.54. The maximum absolute atomic E-state index is 12.3. The van der Waals surface area contributed by atoms with Crippen molar-refractivity contribution >= 4 is 10.8 Å². The summed E-state index contributed by atoms with van der Waals surface area (Å²) in [6.45, 7) is 5.57. The fourth-order valence-corrected chi connectivity index (χ4v) is 8.83. The van der Waals surface area contributed by atoms with Gasteiger partial charge in [-0.25, -0.2) is 0 Å². The van der Waals surface area contributed by atoms with Crippen LogP contribution < -0.4 is 5.73 Å². The number of aliphatic hydroxyl groups excluding tert-OH is 1. The van der Waals surface area contributed by atoms with Crippen LogP contribution >= 0.6 is 0 Å². The van der Waals surface area contributed by atoms with Gasteiger partial charge in [-0.1, -0.05) is 25.5 Å². The summed E-state index contributed by atoms with van der Waals surface area (Å²) in [4.78, 5) is 0. The van der Waals surface area contributed by atoms with E-state index >= 15 is 0 Å². The minimum Gasteiger partial charge on any atom is -0.393 e. The third-order valence-electron chi connectivity index (χ3n) is 9.24. The van der Waals surface area contributed by atoms with Crippen molar-refractivity contribution in [3.63, 3.8) is 0 Å². The van der Waals surface area contributed by atoms with Gasteiger partial charge < -0.3 is 10.8 Å². The van der Waals surface area contributed by atoms with Gasteiger partial charge in [0.1, 0.15) is 0 Å². The Morgan fingerprint density at radius 2 is 1.89 bits per heavy atom. The molecule has 0 amide bonds. The van der Waals surface area contributed by atoms with Gasteiger partial charge in [-0.3, -0.25) is 4.21 Å². The molecule has 0 aromatic rings. The lowest BCUT2D eigenvalue weighted by Gasteiger charge is -2.59. The molecule has 8 unspecified atom stereocenters. The van der Waals surface area contributed by atoms with Crippen LogP contribution in [0.25, 0.3) is 0 Å². The first-order chi connectivity index (χ1) is 12.9. The summed E-state index contributed by atoms with van der Waals surface area (Å²) in [5.74, 6) is 4.56. The molecule has 154 valence electrons. The van der Waals surface area contributed by atoms with Crippen molar-refractivity contribution in [2.75, 3.05) is 18.1 Å². The first-order valence-corrected chi connectivity index (χ1v) is 12.8. The molecular formula is C23H39NO2S. The molecule has 0 bridgehead atoms. The Labute approximate surface area is 168 Å². The Balaban J connectivity index is 1.48. The summed E-state index contributed by atoms with van der Waals surface area (Å²) in [6.07, 6.45) is 13.1. The van der Waals surface area contributed by atoms with Gasteiger partial charge in [0.15, 0.2) is 0 Å². The summed E-state index contributed by atoms with van der Waals surface area (Å²) in [6, 6.07) is 0. The summed E-state index contributed by atoms with van der Waals surface area (Å²) in [7, 11) is -0.740. The maximum Gasteiger partial charge on any atom is 0.0596 e. The smallest absolute Gasteiger partial charge is 0.0596 e. The van der Waals surface area contributed by atoms with E-state index in [0.29, 0.717) is 17.9 Å². The number of hydrogen-bond acceptors (Lipinski definition) is 3. The van der Waals surface area contributed by atoms with Crippen LogP contribution in [-0.4, -0.2) is 33.5 Å². The van der Waals surface area contributed by atoms with Gasteiger partial charge in [0.2, 0.25) is 0 Å². The number of nitrogens with two attached hydrogens (primary N) is 1. The highest BCUT2D eigenvalue weighted by Crippen LogP contribution is 2.65. The van der Waals surface area contributed by atoms with Crippen LogP contribution in [0, 0.1) is 34.5 Å². The molecule has 0 aromatic heterocycles. The highest BCUT2D eigenvalue weighted by atomic mass is 32.2. The standard InChI is InChI=1S/C23H39NO2S/c1-22-10-8-16(15-27(26)13-3-12-24)14-17(22)4-5-18-19-6-7-21(25)23(19,2)11-9-20(18)22/h14,17-21,25H,3-13,15,24H2,1-2H3. The zero-order valence-electron chi connectivity index (χ0n) is 17.3. The van der Waals surface area contributed by atoms with Crippen LogP contribution in [0.4, 0.5) is 0 Å². The highest BCUT2D eigenvalue weighted by molar-refractivity contribution is 7.85.